The molecule has 1 aromatic heterocycles. The highest BCUT2D eigenvalue weighted by molar-refractivity contribution is 5.70. The van der Waals surface area contributed by atoms with Crippen molar-refractivity contribution in [2.75, 3.05) is 39.3 Å². The van der Waals surface area contributed by atoms with E-state index in [1.807, 2.05) is 39.0 Å². The molecule has 7 heteroatoms. The Morgan fingerprint density at radius 1 is 1.23 bits per heavy atom. The molecular formula is C19H30N3O4+. The van der Waals surface area contributed by atoms with Gasteiger partial charge in [0, 0.05) is 6.20 Å². The van der Waals surface area contributed by atoms with Crippen LogP contribution < -0.4 is 0 Å². The topological polar surface area (TPSA) is 68.7 Å². The van der Waals surface area contributed by atoms with E-state index in [2.05, 4.69) is 4.98 Å². The molecule has 1 fully saturated rings. The van der Waals surface area contributed by atoms with Gasteiger partial charge in [0.05, 0.1) is 38.5 Å². The average molecular weight is 364 g/mol. The fourth-order valence-electron chi connectivity index (χ4n) is 3.09. The third-order valence-electron chi connectivity index (χ3n) is 4.33. The summed E-state index contributed by atoms with van der Waals surface area (Å²) in [4.78, 5) is 30.6. The van der Waals surface area contributed by atoms with Crippen LogP contribution in [0.2, 0.25) is 0 Å². The van der Waals surface area contributed by atoms with Gasteiger partial charge in [-0.05, 0) is 39.8 Å². The highest BCUT2D eigenvalue weighted by Crippen LogP contribution is 2.20. The summed E-state index contributed by atoms with van der Waals surface area (Å²) in [5.41, 5.74) is 0.418. The van der Waals surface area contributed by atoms with Crippen molar-refractivity contribution >= 4 is 12.1 Å². The molecule has 1 aliphatic rings. The van der Waals surface area contributed by atoms with Crippen LogP contribution in [0.3, 0.4) is 0 Å². The smallest absolute Gasteiger partial charge is 0.410 e. The first kappa shape index (κ1) is 20.2. The van der Waals surface area contributed by atoms with Crippen LogP contribution in [-0.4, -0.2) is 71.4 Å². The molecule has 7 nitrogen and oxygen atoms in total. The van der Waals surface area contributed by atoms with Gasteiger partial charge in [0.1, 0.15) is 12.1 Å². The molecule has 0 radical (unpaired) electrons. The third kappa shape index (κ3) is 5.98. The van der Waals surface area contributed by atoms with Gasteiger partial charge in [0.15, 0.2) is 6.54 Å². The highest BCUT2D eigenvalue weighted by atomic mass is 16.6. The summed E-state index contributed by atoms with van der Waals surface area (Å²) in [5.74, 6) is -0.214. The van der Waals surface area contributed by atoms with Crippen LogP contribution in [0.4, 0.5) is 4.79 Å². The lowest BCUT2D eigenvalue weighted by molar-refractivity contribution is -0.937. The molecule has 1 aromatic rings. The number of carbonyl (C=O) groups excluding carboxylic acids is 2. The van der Waals surface area contributed by atoms with E-state index in [0.717, 1.165) is 5.69 Å². The summed E-state index contributed by atoms with van der Waals surface area (Å²) < 4.78 is 11.2. The molecule has 1 amide bonds. The number of esters is 1. The number of aromatic nitrogens is 1. The second kappa shape index (κ2) is 8.49. The van der Waals surface area contributed by atoms with E-state index in [-0.39, 0.29) is 18.6 Å². The average Bonchev–Trinajstić information content (AvgIpc) is 2.55. The molecule has 0 spiro atoms. The fourth-order valence-corrected chi connectivity index (χ4v) is 3.09. The molecule has 0 unspecified atom stereocenters. The highest BCUT2D eigenvalue weighted by Gasteiger charge is 2.38. The van der Waals surface area contributed by atoms with E-state index < -0.39 is 5.60 Å². The number of pyridine rings is 1. The zero-order valence-corrected chi connectivity index (χ0v) is 16.2. The Labute approximate surface area is 155 Å². The Morgan fingerprint density at radius 2 is 1.92 bits per heavy atom. The van der Waals surface area contributed by atoms with Crippen molar-refractivity contribution in [1.82, 2.24) is 9.88 Å². The van der Waals surface area contributed by atoms with Gasteiger partial charge in [-0.3, -0.25) is 9.88 Å². The van der Waals surface area contributed by atoms with Gasteiger partial charge in [0.25, 0.3) is 0 Å². The Hall–Kier alpha value is -2.15. The van der Waals surface area contributed by atoms with Crippen molar-refractivity contribution in [1.29, 1.82) is 0 Å². The van der Waals surface area contributed by atoms with Crippen molar-refractivity contribution in [3.63, 3.8) is 0 Å². The largest absolute Gasteiger partial charge is 0.462 e. The second-order valence-corrected chi connectivity index (χ2v) is 7.70. The molecule has 0 atom stereocenters. The molecule has 1 saturated heterocycles. The van der Waals surface area contributed by atoms with Crippen molar-refractivity contribution in [3.8, 4) is 0 Å². The number of hydrogen-bond donors (Lipinski definition) is 0. The summed E-state index contributed by atoms with van der Waals surface area (Å²) in [7, 11) is 0. The first-order chi connectivity index (χ1) is 12.2. The lowest BCUT2D eigenvalue weighted by atomic mass is 10.2. The van der Waals surface area contributed by atoms with Crippen LogP contribution in [0.15, 0.2) is 24.4 Å². The van der Waals surface area contributed by atoms with E-state index in [1.165, 1.54) is 0 Å². The van der Waals surface area contributed by atoms with E-state index in [0.29, 0.717) is 43.8 Å². The van der Waals surface area contributed by atoms with Gasteiger partial charge in [-0.1, -0.05) is 6.07 Å². The Bertz CT molecular complexity index is 605. The summed E-state index contributed by atoms with van der Waals surface area (Å²) in [5, 5.41) is 0. The summed E-state index contributed by atoms with van der Waals surface area (Å²) >= 11 is 0. The van der Waals surface area contributed by atoms with Crippen LogP contribution >= 0.6 is 0 Å². The molecule has 2 heterocycles. The number of rotatable bonds is 5. The lowest BCUT2D eigenvalue weighted by Crippen LogP contribution is -2.62. The van der Waals surface area contributed by atoms with Gasteiger partial charge >= 0.3 is 12.1 Å². The number of hydrogen-bond acceptors (Lipinski definition) is 5. The Morgan fingerprint density at radius 3 is 2.46 bits per heavy atom. The first-order valence-corrected chi connectivity index (χ1v) is 9.11. The van der Waals surface area contributed by atoms with E-state index in [4.69, 9.17) is 9.47 Å². The minimum absolute atomic E-state index is 0.214. The summed E-state index contributed by atoms with van der Waals surface area (Å²) in [6.07, 6.45) is 1.46. The monoisotopic (exact) mass is 364 g/mol. The number of piperazine rings is 1. The molecule has 0 N–H and O–H groups in total. The third-order valence-corrected chi connectivity index (χ3v) is 4.33. The van der Waals surface area contributed by atoms with Crippen LogP contribution in [0, 0.1) is 0 Å². The van der Waals surface area contributed by atoms with Crippen molar-refractivity contribution < 1.29 is 23.5 Å². The molecule has 1 aliphatic heterocycles. The van der Waals surface area contributed by atoms with Crippen molar-refractivity contribution in [2.24, 2.45) is 0 Å². The van der Waals surface area contributed by atoms with Gasteiger partial charge in [-0.25, -0.2) is 9.59 Å². The maximum Gasteiger partial charge on any atom is 0.410 e. The molecule has 0 saturated carbocycles. The van der Waals surface area contributed by atoms with Gasteiger partial charge in [-0.2, -0.15) is 0 Å². The first-order valence-electron chi connectivity index (χ1n) is 9.11. The minimum Gasteiger partial charge on any atom is -0.462 e. The summed E-state index contributed by atoms with van der Waals surface area (Å²) in [6.45, 7) is 11.1. The zero-order valence-electron chi connectivity index (χ0n) is 16.2. The maximum absolute atomic E-state index is 12.3. The number of ether oxygens (including phenoxy) is 2. The molecule has 0 bridgehead atoms. The van der Waals surface area contributed by atoms with E-state index in [9.17, 15) is 9.59 Å². The molecule has 0 aliphatic carbocycles. The standard InChI is InChI=1S/C19H30N3O4/c1-5-25-17(23)15-22(14-16-8-6-7-9-20-16)12-10-21(11-13-22)18(24)26-19(2,3)4/h6-9H,5,10-15H2,1-4H3/q+1. The molecular weight excluding hydrogens is 334 g/mol. The molecule has 144 valence electrons. The molecule has 2 rings (SSSR count). The van der Waals surface area contributed by atoms with E-state index in [1.54, 1.807) is 18.0 Å². The van der Waals surface area contributed by atoms with Crippen LogP contribution in [0.5, 0.6) is 0 Å². The van der Waals surface area contributed by atoms with Crippen LogP contribution in [0.1, 0.15) is 33.4 Å². The SMILES string of the molecule is CCOC(=O)C[N+]1(Cc2ccccn2)CCN(C(=O)OC(C)(C)C)CC1. The fraction of sp³-hybridized carbons (Fsp3) is 0.632. The van der Waals surface area contributed by atoms with E-state index >= 15 is 0 Å². The van der Waals surface area contributed by atoms with Gasteiger partial charge in [0.2, 0.25) is 0 Å². The van der Waals surface area contributed by atoms with Crippen LogP contribution in [-0.2, 0) is 20.8 Å². The predicted octanol–water partition coefficient (Wildman–Crippen LogP) is 2.21. The summed E-state index contributed by atoms with van der Waals surface area (Å²) in [6, 6.07) is 5.78. The number of quaternary nitrogens is 1. The normalized spacial score (nSPS) is 16.8. The Kier molecular flexibility index (Phi) is 6.58. The zero-order chi connectivity index (χ0) is 19.2. The lowest BCUT2D eigenvalue weighted by Gasteiger charge is -2.43. The minimum atomic E-state index is -0.515. The Balaban J connectivity index is 2.07. The molecule has 26 heavy (non-hydrogen) atoms. The van der Waals surface area contributed by atoms with Crippen LogP contribution in [0.25, 0.3) is 0 Å². The number of amides is 1. The van der Waals surface area contributed by atoms with Crippen molar-refractivity contribution in [2.45, 2.75) is 39.8 Å². The maximum atomic E-state index is 12.3. The predicted molar refractivity (Wildman–Crippen MR) is 97.2 cm³/mol. The number of nitrogens with zero attached hydrogens (tertiary/aromatic N) is 3. The van der Waals surface area contributed by atoms with Gasteiger partial charge in [-0.15, -0.1) is 0 Å². The van der Waals surface area contributed by atoms with Crippen molar-refractivity contribution in [3.05, 3.63) is 30.1 Å². The molecule has 0 aromatic carbocycles. The quantitative estimate of drug-likeness (QED) is 0.592. The van der Waals surface area contributed by atoms with Gasteiger partial charge < -0.3 is 14.0 Å². The number of carbonyl (C=O) groups is 2. The second-order valence-electron chi connectivity index (χ2n) is 7.70.